The Morgan fingerprint density at radius 2 is 1.77 bits per heavy atom. The van der Waals surface area contributed by atoms with E-state index in [0.717, 1.165) is 39.9 Å². The summed E-state index contributed by atoms with van der Waals surface area (Å²) in [6.45, 7) is 2.55. The molecule has 5 heterocycles. The molecule has 150 valence electrons. The van der Waals surface area contributed by atoms with Crippen LogP contribution in [0.2, 0.25) is 0 Å². The van der Waals surface area contributed by atoms with Gasteiger partial charge in [0.1, 0.15) is 11.4 Å². The summed E-state index contributed by atoms with van der Waals surface area (Å²) in [6, 6.07) is 8.04. The number of hydrazine groups is 1. The first-order valence-electron chi connectivity index (χ1n) is 9.89. The van der Waals surface area contributed by atoms with E-state index in [2.05, 4.69) is 15.0 Å². The fourth-order valence-electron chi connectivity index (χ4n) is 3.60. The molecule has 2 aromatic heterocycles. The summed E-state index contributed by atoms with van der Waals surface area (Å²) >= 11 is 0. The van der Waals surface area contributed by atoms with E-state index in [9.17, 15) is 0 Å². The Morgan fingerprint density at radius 1 is 1.00 bits per heavy atom. The highest BCUT2D eigenvalue weighted by atomic mass is 16.5. The zero-order valence-electron chi connectivity index (χ0n) is 16.6. The maximum Gasteiger partial charge on any atom is 0.171 e. The Labute approximate surface area is 173 Å². The van der Waals surface area contributed by atoms with Crippen LogP contribution in [0, 0.1) is 5.41 Å². The summed E-state index contributed by atoms with van der Waals surface area (Å²) in [4.78, 5) is 11.4. The van der Waals surface area contributed by atoms with E-state index in [1.54, 1.807) is 0 Å². The van der Waals surface area contributed by atoms with E-state index < -0.39 is 0 Å². The molecular formula is C23H22N6O. The number of nitrogens with two attached hydrogens (primary N) is 1. The number of nitrogens with zero attached hydrogens (tertiary/aromatic N) is 2. The van der Waals surface area contributed by atoms with Gasteiger partial charge in [0.2, 0.25) is 0 Å². The van der Waals surface area contributed by atoms with E-state index in [0.29, 0.717) is 23.8 Å². The molecule has 0 saturated carbocycles. The summed E-state index contributed by atoms with van der Waals surface area (Å²) in [5.74, 6) is 6.89. The lowest BCUT2D eigenvalue weighted by Gasteiger charge is -2.14. The molecule has 0 saturated heterocycles. The van der Waals surface area contributed by atoms with E-state index >= 15 is 0 Å². The Kier molecular flexibility index (Phi) is 4.37. The first-order valence-corrected chi connectivity index (χ1v) is 9.89. The molecule has 0 spiro atoms. The molecule has 5 rings (SSSR count). The number of aromatic nitrogens is 2. The summed E-state index contributed by atoms with van der Waals surface area (Å²) in [5, 5.41) is 12.0. The number of aliphatic imine (C=N–C) groups is 1. The molecular weight excluding hydrogens is 376 g/mol. The van der Waals surface area contributed by atoms with Crippen LogP contribution in [0.4, 0.5) is 0 Å². The van der Waals surface area contributed by atoms with Crippen molar-refractivity contribution < 1.29 is 4.74 Å². The topological polar surface area (TPSA) is 106 Å². The highest BCUT2D eigenvalue weighted by molar-refractivity contribution is 6.18. The van der Waals surface area contributed by atoms with Crippen molar-refractivity contribution in [1.29, 1.82) is 5.41 Å². The molecule has 7 nitrogen and oxygen atoms in total. The second kappa shape index (κ2) is 7.20. The highest BCUT2D eigenvalue weighted by Crippen LogP contribution is 2.29. The fourth-order valence-corrected chi connectivity index (χ4v) is 3.60. The molecule has 0 atom stereocenters. The Balaban J connectivity index is 1.72. The predicted octanol–water partition coefficient (Wildman–Crippen LogP) is 2.05. The number of rotatable bonds is 3. The van der Waals surface area contributed by atoms with Gasteiger partial charge in [0.15, 0.2) is 5.76 Å². The van der Waals surface area contributed by atoms with Gasteiger partial charge in [-0.25, -0.2) is 10.8 Å². The van der Waals surface area contributed by atoms with Crippen molar-refractivity contribution in [1.82, 2.24) is 15.0 Å². The van der Waals surface area contributed by atoms with Crippen LogP contribution >= 0.6 is 0 Å². The number of nitrogens with one attached hydrogen (secondary N) is 3. The lowest BCUT2D eigenvalue weighted by atomic mass is 10.2. The molecule has 7 heteroatoms. The number of ether oxygens (including phenoxy) is 1. The van der Waals surface area contributed by atoms with Crippen molar-refractivity contribution in [3.8, 4) is 0 Å². The van der Waals surface area contributed by atoms with Crippen molar-refractivity contribution in [2.24, 2.45) is 10.8 Å². The normalized spacial score (nSPS) is 17.5. The molecule has 5 N–H and O–H groups in total. The number of hydrogen-bond acceptors (Lipinski definition) is 5. The van der Waals surface area contributed by atoms with Gasteiger partial charge in [-0.1, -0.05) is 6.92 Å². The van der Waals surface area contributed by atoms with E-state index in [1.165, 1.54) is 5.01 Å². The van der Waals surface area contributed by atoms with Crippen LogP contribution in [-0.2, 0) is 4.74 Å². The maximum atomic E-state index is 8.65. The smallest absolute Gasteiger partial charge is 0.171 e. The van der Waals surface area contributed by atoms with Gasteiger partial charge < -0.3 is 14.7 Å². The average Bonchev–Trinajstić information content (AvgIpc) is 3.49. The number of allylic oxidation sites excluding steroid dienone is 4. The van der Waals surface area contributed by atoms with Crippen molar-refractivity contribution in [3.05, 3.63) is 87.4 Å². The lowest BCUT2D eigenvalue weighted by Crippen LogP contribution is -2.28. The van der Waals surface area contributed by atoms with Crippen LogP contribution < -0.4 is 16.5 Å². The highest BCUT2D eigenvalue weighted by Gasteiger charge is 2.31. The van der Waals surface area contributed by atoms with E-state index in [1.807, 2.05) is 67.6 Å². The van der Waals surface area contributed by atoms with Gasteiger partial charge in [-0.15, -0.1) is 0 Å². The minimum absolute atomic E-state index is 0.252. The van der Waals surface area contributed by atoms with Crippen molar-refractivity contribution >= 4 is 29.7 Å². The van der Waals surface area contributed by atoms with Crippen LogP contribution in [-0.4, -0.2) is 33.0 Å². The SMILES string of the molecule is CCCOC1=C2C=c3ccc([nH]3)=Cc3ccc([nH]3)C=C3C=CC(=N3)C=C(C1=N)N2N. The number of hydrogen-bond donors (Lipinski definition) is 4. The molecule has 0 aromatic carbocycles. The van der Waals surface area contributed by atoms with E-state index in [4.69, 9.17) is 16.0 Å². The molecule has 0 radical (unpaired) electrons. The van der Waals surface area contributed by atoms with Gasteiger partial charge in [-0.2, -0.15) is 0 Å². The van der Waals surface area contributed by atoms with Crippen molar-refractivity contribution in [3.63, 3.8) is 0 Å². The minimum Gasteiger partial charge on any atom is -0.489 e. The Hall–Kier alpha value is -3.84. The second-order valence-corrected chi connectivity index (χ2v) is 7.30. The van der Waals surface area contributed by atoms with Gasteiger partial charge in [0.25, 0.3) is 0 Å². The molecule has 3 aliphatic rings. The van der Waals surface area contributed by atoms with Crippen LogP contribution in [0.3, 0.4) is 0 Å². The average molecular weight is 398 g/mol. The number of aromatic amines is 2. The van der Waals surface area contributed by atoms with Crippen LogP contribution in [0.1, 0.15) is 24.7 Å². The largest absolute Gasteiger partial charge is 0.489 e. The lowest BCUT2D eigenvalue weighted by molar-refractivity contribution is 0.227. The van der Waals surface area contributed by atoms with Gasteiger partial charge in [0.05, 0.1) is 23.7 Å². The first kappa shape index (κ1) is 18.2. The van der Waals surface area contributed by atoms with Crippen molar-refractivity contribution in [2.45, 2.75) is 13.3 Å². The van der Waals surface area contributed by atoms with Crippen LogP contribution in [0.5, 0.6) is 0 Å². The Morgan fingerprint density at radius 3 is 2.57 bits per heavy atom. The third-order valence-electron chi connectivity index (χ3n) is 5.02. The number of H-pyrrole nitrogens is 2. The zero-order chi connectivity index (χ0) is 20.7. The van der Waals surface area contributed by atoms with E-state index in [-0.39, 0.29) is 5.71 Å². The minimum atomic E-state index is 0.252. The molecule has 0 unspecified atom stereocenters. The third kappa shape index (κ3) is 3.25. The quantitative estimate of drug-likeness (QED) is 0.595. The summed E-state index contributed by atoms with van der Waals surface area (Å²) in [6.07, 6.45) is 12.4. The predicted molar refractivity (Wildman–Crippen MR) is 119 cm³/mol. The fraction of sp³-hybridized carbons (Fsp3) is 0.130. The standard InChI is InChI=1S/C23H22N6O/c1-2-9-30-23-21-13-19-8-6-17(28-19)11-15-4-3-14(26-15)10-16-5-7-18(27-16)12-20(22(23)24)29(21)25/h3-8,10-13,24,26,28H,2,9,25H2,1H3. The summed E-state index contributed by atoms with van der Waals surface area (Å²) in [7, 11) is 0. The number of fused-ring (bicyclic) bond motifs is 7. The third-order valence-corrected chi connectivity index (χ3v) is 5.02. The van der Waals surface area contributed by atoms with Gasteiger partial charge >= 0.3 is 0 Å². The zero-order valence-corrected chi connectivity index (χ0v) is 16.6. The van der Waals surface area contributed by atoms with Crippen molar-refractivity contribution in [2.75, 3.05) is 6.61 Å². The van der Waals surface area contributed by atoms with Crippen LogP contribution in [0.25, 0.3) is 18.2 Å². The van der Waals surface area contributed by atoms with Gasteiger partial charge in [0, 0.05) is 22.1 Å². The van der Waals surface area contributed by atoms with Crippen LogP contribution in [0.15, 0.2) is 70.3 Å². The maximum absolute atomic E-state index is 8.65. The molecule has 8 bridgehead atoms. The Bertz CT molecular complexity index is 1310. The molecule has 0 fully saturated rings. The van der Waals surface area contributed by atoms with Gasteiger partial charge in [-0.05, 0) is 67.1 Å². The summed E-state index contributed by atoms with van der Waals surface area (Å²) in [5.41, 5.74) is 4.97. The molecule has 3 aliphatic heterocycles. The molecule has 0 amide bonds. The second-order valence-electron chi connectivity index (χ2n) is 7.30. The summed E-state index contributed by atoms with van der Waals surface area (Å²) < 4.78 is 5.90. The monoisotopic (exact) mass is 398 g/mol. The molecule has 30 heavy (non-hydrogen) atoms. The van der Waals surface area contributed by atoms with Gasteiger partial charge in [-0.3, -0.25) is 10.4 Å². The molecule has 2 aromatic rings. The molecule has 0 aliphatic carbocycles. The first-order chi connectivity index (χ1) is 14.6.